The highest BCUT2D eigenvalue weighted by molar-refractivity contribution is 14.1. The number of fused-ring (bicyclic) bond motifs is 1. The number of nitrogens with zero attached hydrogens (tertiary/aromatic N) is 1. The largest absolute Gasteiger partial charge is 0.444 e. The lowest BCUT2D eigenvalue weighted by atomic mass is 10.0. The number of aromatic nitrogens is 1. The van der Waals surface area contributed by atoms with E-state index in [1.54, 1.807) is 0 Å². The van der Waals surface area contributed by atoms with E-state index in [0.717, 1.165) is 30.3 Å². The number of nitrogens with one attached hydrogen (secondary N) is 1. The molecule has 1 amide bonds. The Kier molecular flexibility index (Phi) is 6.35. The molecule has 2 aromatic rings. The van der Waals surface area contributed by atoms with Gasteiger partial charge in [-0.3, -0.25) is 0 Å². The number of hydrogen-bond acceptors (Lipinski definition) is 3. The molecule has 1 aromatic heterocycles. The molecule has 1 aliphatic rings. The van der Waals surface area contributed by atoms with Crippen molar-refractivity contribution in [3.63, 3.8) is 0 Å². The Morgan fingerprint density at radius 2 is 2.04 bits per heavy atom. The van der Waals surface area contributed by atoms with Gasteiger partial charge in [0, 0.05) is 36.7 Å². The summed E-state index contributed by atoms with van der Waals surface area (Å²) in [6.45, 7) is 9.83. The van der Waals surface area contributed by atoms with Crippen LogP contribution in [-0.2, 0) is 22.4 Å². The molecule has 0 aliphatic carbocycles. The van der Waals surface area contributed by atoms with Gasteiger partial charge in [-0.2, -0.15) is 0 Å². The minimum Gasteiger partial charge on any atom is -0.444 e. The first-order valence-corrected chi connectivity index (χ1v) is 10.7. The Labute approximate surface area is 174 Å². The van der Waals surface area contributed by atoms with Crippen LogP contribution in [0.25, 0.3) is 10.9 Å². The molecule has 0 unspecified atom stereocenters. The number of halogens is 1. The Morgan fingerprint density at radius 1 is 1.33 bits per heavy atom. The van der Waals surface area contributed by atoms with Crippen molar-refractivity contribution in [2.75, 3.05) is 13.2 Å². The summed E-state index contributed by atoms with van der Waals surface area (Å²) >= 11 is 2.36. The van der Waals surface area contributed by atoms with Gasteiger partial charge in [0.05, 0.1) is 3.70 Å². The van der Waals surface area contributed by atoms with E-state index in [1.165, 1.54) is 14.7 Å². The van der Waals surface area contributed by atoms with Crippen LogP contribution < -0.4 is 0 Å². The summed E-state index contributed by atoms with van der Waals surface area (Å²) in [5.41, 5.74) is 3.09. The van der Waals surface area contributed by atoms with Crippen molar-refractivity contribution in [1.29, 1.82) is 0 Å². The first-order chi connectivity index (χ1) is 12.8. The van der Waals surface area contributed by atoms with Crippen LogP contribution in [0.3, 0.4) is 0 Å². The van der Waals surface area contributed by atoms with Crippen LogP contribution in [0.2, 0.25) is 0 Å². The quantitative estimate of drug-likeness (QED) is 0.604. The van der Waals surface area contributed by atoms with Crippen molar-refractivity contribution in [3.8, 4) is 0 Å². The van der Waals surface area contributed by atoms with Crippen molar-refractivity contribution in [2.45, 2.75) is 65.1 Å². The second-order valence-corrected chi connectivity index (χ2v) is 9.18. The molecule has 1 aliphatic heterocycles. The van der Waals surface area contributed by atoms with Crippen molar-refractivity contribution < 1.29 is 14.3 Å². The molecule has 148 valence electrons. The summed E-state index contributed by atoms with van der Waals surface area (Å²) in [4.78, 5) is 18.2. The summed E-state index contributed by atoms with van der Waals surface area (Å²) in [5, 5.41) is 1.26. The standard InChI is InChI=1S/C21H29IN2O3/c1-5-16-17-7-6-14(12-18(17)23-19(16)22)13-24(15-8-10-26-11-9-15)20(25)27-21(2,3)4/h6-7,12,15,23H,5,8-11,13H2,1-4H3. The van der Waals surface area contributed by atoms with Crippen LogP contribution in [0, 0.1) is 3.70 Å². The number of hydrogen-bond donors (Lipinski definition) is 1. The molecule has 0 spiro atoms. The van der Waals surface area contributed by atoms with Gasteiger partial charge in [-0.1, -0.05) is 19.1 Å². The SMILES string of the molecule is CCc1c(I)[nH]c2cc(CN(C(=O)OC(C)(C)C)C3CCOCC3)ccc12. The molecule has 1 aromatic carbocycles. The van der Waals surface area contributed by atoms with E-state index in [0.29, 0.717) is 19.8 Å². The van der Waals surface area contributed by atoms with Gasteiger partial charge >= 0.3 is 6.09 Å². The molecule has 1 fully saturated rings. The lowest BCUT2D eigenvalue weighted by Gasteiger charge is -2.35. The molecule has 0 atom stereocenters. The fraction of sp³-hybridized carbons (Fsp3) is 0.571. The predicted molar refractivity (Wildman–Crippen MR) is 116 cm³/mol. The molecule has 0 saturated carbocycles. The maximum absolute atomic E-state index is 12.9. The van der Waals surface area contributed by atoms with Gasteiger partial charge in [-0.25, -0.2) is 4.79 Å². The van der Waals surface area contributed by atoms with Crippen LogP contribution in [-0.4, -0.2) is 40.8 Å². The number of aromatic amines is 1. The number of rotatable bonds is 4. The number of ether oxygens (including phenoxy) is 2. The van der Waals surface area contributed by atoms with Crippen molar-refractivity contribution in [2.24, 2.45) is 0 Å². The van der Waals surface area contributed by atoms with Gasteiger partial charge in [0.2, 0.25) is 0 Å². The molecule has 0 radical (unpaired) electrons. The third-order valence-electron chi connectivity index (χ3n) is 4.88. The highest BCUT2D eigenvalue weighted by atomic mass is 127. The lowest BCUT2D eigenvalue weighted by Crippen LogP contribution is -2.45. The minimum absolute atomic E-state index is 0.152. The lowest BCUT2D eigenvalue weighted by molar-refractivity contribution is -0.00807. The van der Waals surface area contributed by atoms with E-state index in [4.69, 9.17) is 9.47 Å². The van der Waals surface area contributed by atoms with Crippen LogP contribution in [0.1, 0.15) is 51.7 Å². The fourth-order valence-electron chi connectivity index (χ4n) is 3.57. The summed E-state index contributed by atoms with van der Waals surface area (Å²) in [5.74, 6) is 0. The van der Waals surface area contributed by atoms with Gasteiger partial charge in [0.15, 0.2) is 0 Å². The van der Waals surface area contributed by atoms with Crippen LogP contribution in [0.5, 0.6) is 0 Å². The second kappa shape index (κ2) is 8.39. The van der Waals surface area contributed by atoms with Crippen molar-refractivity contribution >= 4 is 39.6 Å². The first-order valence-electron chi connectivity index (χ1n) is 9.65. The van der Waals surface area contributed by atoms with E-state index >= 15 is 0 Å². The van der Waals surface area contributed by atoms with Crippen LogP contribution in [0.4, 0.5) is 4.79 Å². The van der Waals surface area contributed by atoms with Crippen molar-refractivity contribution in [1.82, 2.24) is 9.88 Å². The van der Waals surface area contributed by atoms with E-state index in [-0.39, 0.29) is 12.1 Å². The maximum atomic E-state index is 12.9. The number of H-pyrrole nitrogens is 1. The average molecular weight is 484 g/mol. The molecule has 5 nitrogen and oxygen atoms in total. The number of carbonyl (C=O) groups excluding carboxylic acids is 1. The molecule has 3 rings (SSSR count). The van der Waals surface area contributed by atoms with E-state index < -0.39 is 5.60 Å². The molecule has 0 bridgehead atoms. The second-order valence-electron chi connectivity index (χ2n) is 8.10. The van der Waals surface area contributed by atoms with Gasteiger partial charge in [-0.05, 0) is 79.8 Å². The molecular weight excluding hydrogens is 455 g/mol. The van der Waals surface area contributed by atoms with Gasteiger partial charge in [0.1, 0.15) is 5.60 Å². The number of benzene rings is 1. The zero-order valence-corrected chi connectivity index (χ0v) is 18.8. The topological polar surface area (TPSA) is 54.6 Å². The van der Waals surface area contributed by atoms with Gasteiger partial charge < -0.3 is 19.4 Å². The van der Waals surface area contributed by atoms with Gasteiger partial charge in [-0.15, -0.1) is 0 Å². The van der Waals surface area contributed by atoms with E-state index in [2.05, 4.69) is 52.7 Å². The third kappa shape index (κ3) is 4.96. The van der Waals surface area contributed by atoms with E-state index in [1.807, 2.05) is 25.7 Å². The Hall–Kier alpha value is -1.28. The minimum atomic E-state index is -0.504. The Balaban J connectivity index is 1.86. The highest BCUT2D eigenvalue weighted by Crippen LogP contribution is 2.27. The smallest absolute Gasteiger partial charge is 0.410 e. The summed E-state index contributed by atoms with van der Waals surface area (Å²) < 4.78 is 12.4. The van der Waals surface area contributed by atoms with Crippen LogP contribution in [0.15, 0.2) is 18.2 Å². The normalized spacial score (nSPS) is 15.9. The monoisotopic (exact) mass is 484 g/mol. The van der Waals surface area contributed by atoms with Crippen LogP contribution >= 0.6 is 22.6 Å². The number of carbonyl (C=O) groups is 1. The Bertz CT molecular complexity index is 804. The average Bonchev–Trinajstić information content (AvgIpc) is 2.93. The maximum Gasteiger partial charge on any atom is 0.410 e. The summed E-state index contributed by atoms with van der Waals surface area (Å²) in [6.07, 6.45) is 2.46. The zero-order valence-electron chi connectivity index (χ0n) is 16.6. The molecular formula is C21H29IN2O3. The fourth-order valence-corrected chi connectivity index (χ4v) is 4.53. The van der Waals surface area contributed by atoms with Gasteiger partial charge in [0.25, 0.3) is 0 Å². The molecule has 6 heteroatoms. The highest BCUT2D eigenvalue weighted by Gasteiger charge is 2.30. The summed E-state index contributed by atoms with van der Waals surface area (Å²) in [7, 11) is 0. The molecule has 1 N–H and O–H groups in total. The molecule has 1 saturated heterocycles. The Morgan fingerprint density at radius 3 is 2.67 bits per heavy atom. The molecule has 2 heterocycles. The number of amides is 1. The molecule has 27 heavy (non-hydrogen) atoms. The van der Waals surface area contributed by atoms with Crippen molar-refractivity contribution in [3.05, 3.63) is 33.0 Å². The zero-order chi connectivity index (χ0) is 19.6. The predicted octanol–water partition coefficient (Wildman–Crippen LogP) is 5.25. The first kappa shape index (κ1) is 20.5. The van der Waals surface area contributed by atoms with E-state index in [9.17, 15) is 4.79 Å². The third-order valence-corrected chi connectivity index (χ3v) is 5.81. The summed E-state index contributed by atoms with van der Waals surface area (Å²) in [6, 6.07) is 6.61. The number of aryl methyl sites for hydroxylation is 1.